The maximum absolute atomic E-state index is 12.3. The standard InChI is InChI=1S/C18H19N5O5/c24-18(20-13-1-3-15-16(9-13)28-12-27-15)11-21-5-7-22(8-6-21)17-4-2-14(10-19-17)23(25)26/h1-4,9-10H,5-8,11-12H2,(H,20,24). The number of pyridine rings is 1. The maximum Gasteiger partial charge on any atom is 0.287 e. The molecule has 1 amide bonds. The number of piperazine rings is 1. The molecule has 0 aliphatic carbocycles. The molecule has 146 valence electrons. The van der Waals surface area contributed by atoms with E-state index in [-0.39, 0.29) is 24.9 Å². The van der Waals surface area contributed by atoms with Crippen molar-refractivity contribution in [2.24, 2.45) is 0 Å². The molecule has 0 saturated carbocycles. The van der Waals surface area contributed by atoms with Crippen molar-refractivity contribution in [3.63, 3.8) is 0 Å². The normalized spacial score (nSPS) is 16.1. The largest absolute Gasteiger partial charge is 0.454 e. The number of aromatic nitrogens is 1. The molecular formula is C18H19N5O5. The number of nitrogens with one attached hydrogen (secondary N) is 1. The first-order valence-corrected chi connectivity index (χ1v) is 8.86. The number of ether oxygens (including phenoxy) is 2. The molecule has 1 fully saturated rings. The van der Waals surface area contributed by atoms with Crippen LogP contribution in [0.4, 0.5) is 17.2 Å². The fraction of sp³-hybridized carbons (Fsp3) is 0.333. The van der Waals surface area contributed by atoms with E-state index in [1.54, 1.807) is 24.3 Å². The van der Waals surface area contributed by atoms with Gasteiger partial charge in [0.05, 0.1) is 11.5 Å². The highest BCUT2D eigenvalue weighted by atomic mass is 16.7. The predicted molar refractivity (Wildman–Crippen MR) is 101 cm³/mol. The summed E-state index contributed by atoms with van der Waals surface area (Å²) in [7, 11) is 0. The van der Waals surface area contributed by atoms with Gasteiger partial charge in [-0.05, 0) is 18.2 Å². The van der Waals surface area contributed by atoms with Crippen molar-refractivity contribution in [3.8, 4) is 11.5 Å². The van der Waals surface area contributed by atoms with Crippen molar-refractivity contribution in [2.75, 3.05) is 49.7 Å². The van der Waals surface area contributed by atoms with E-state index in [2.05, 4.69) is 20.1 Å². The number of rotatable bonds is 5. The van der Waals surface area contributed by atoms with Crippen LogP contribution in [0.3, 0.4) is 0 Å². The fourth-order valence-electron chi connectivity index (χ4n) is 3.19. The summed E-state index contributed by atoms with van der Waals surface area (Å²) in [4.78, 5) is 30.8. The molecule has 0 bridgehead atoms. The topological polar surface area (TPSA) is 110 Å². The molecule has 0 spiro atoms. The molecule has 0 unspecified atom stereocenters. The molecule has 1 N–H and O–H groups in total. The highest BCUT2D eigenvalue weighted by molar-refractivity contribution is 5.92. The first-order chi connectivity index (χ1) is 13.6. The Morgan fingerprint density at radius 1 is 1.14 bits per heavy atom. The highest BCUT2D eigenvalue weighted by Gasteiger charge is 2.21. The number of nitrogens with zero attached hydrogens (tertiary/aromatic N) is 4. The number of amides is 1. The molecular weight excluding hydrogens is 366 g/mol. The van der Waals surface area contributed by atoms with Crippen molar-refractivity contribution in [1.82, 2.24) is 9.88 Å². The summed E-state index contributed by atoms with van der Waals surface area (Å²) in [5.41, 5.74) is 0.644. The number of nitro groups is 1. The number of anilines is 2. The molecule has 2 aliphatic rings. The lowest BCUT2D eigenvalue weighted by molar-refractivity contribution is -0.385. The van der Waals surface area contributed by atoms with E-state index in [1.165, 1.54) is 12.3 Å². The molecule has 3 heterocycles. The zero-order chi connectivity index (χ0) is 19.5. The number of carbonyl (C=O) groups is 1. The Labute approximate surface area is 160 Å². The van der Waals surface area contributed by atoms with Gasteiger partial charge in [-0.15, -0.1) is 0 Å². The molecule has 1 aromatic heterocycles. The molecule has 0 radical (unpaired) electrons. The molecule has 1 aromatic carbocycles. The van der Waals surface area contributed by atoms with Gasteiger partial charge in [0.1, 0.15) is 12.0 Å². The molecule has 2 aromatic rings. The molecule has 10 nitrogen and oxygen atoms in total. The summed E-state index contributed by atoms with van der Waals surface area (Å²) < 4.78 is 10.6. The second-order valence-corrected chi connectivity index (χ2v) is 6.51. The van der Waals surface area contributed by atoms with Gasteiger partial charge in [-0.2, -0.15) is 0 Å². The third kappa shape index (κ3) is 3.96. The Kier molecular flexibility index (Phi) is 4.94. The van der Waals surface area contributed by atoms with Gasteiger partial charge >= 0.3 is 0 Å². The van der Waals surface area contributed by atoms with Gasteiger partial charge in [0.2, 0.25) is 12.7 Å². The molecule has 0 atom stereocenters. The maximum atomic E-state index is 12.3. The predicted octanol–water partition coefficient (Wildman–Crippen LogP) is 1.48. The molecule has 1 saturated heterocycles. The Morgan fingerprint density at radius 3 is 2.64 bits per heavy atom. The minimum absolute atomic E-state index is 0.0254. The molecule has 28 heavy (non-hydrogen) atoms. The summed E-state index contributed by atoms with van der Waals surface area (Å²) in [6, 6.07) is 8.41. The van der Waals surface area contributed by atoms with E-state index in [4.69, 9.17) is 9.47 Å². The van der Waals surface area contributed by atoms with Gasteiger partial charge < -0.3 is 19.7 Å². The van der Waals surface area contributed by atoms with E-state index < -0.39 is 4.92 Å². The third-order valence-corrected chi connectivity index (χ3v) is 4.66. The van der Waals surface area contributed by atoms with Gasteiger partial charge in [0, 0.05) is 44.0 Å². The zero-order valence-corrected chi connectivity index (χ0v) is 15.0. The smallest absolute Gasteiger partial charge is 0.287 e. The van der Waals surface area contributed by atoms with E-state index in [0.717, 1.165) is 0 Å². The first kappa shape index (κ1) is 18.0. The number of hydrogen-bond acceptors (Lipinski definition) is 8. The van der Waals surface area contributed by atoms with Crippen LogP contribution in [0.25, 0.3) is 0 Å². The van der Waals surface area contributed by atoms with Gasteiger partial charge in [0.25, 0.3) is 5.69 Å². The average Bonchev–Trinajstić information content (AvgIpc) is 3.16. The van der Waals surface area contributed by atoms with E-state index in [0.29, 0.717) is 49.2 Å². The minimum atomic E-state index is -0.465. The molecule has 10 heteroatoms. The Hall–Kier alpha value is -3.40. The lowest BCUT2D eigenvalue weighted by atomic mass is 10.2. The summed E-state index contributed by atoms with van der Waals surface area (Å²) in [6.07, 6.45) is 1.26. The van der Waals surface area contributed by atoms with Crippen LogP contribution in [0.1, 0.15) is 0 Å². The number of hydrogen-bond donors (Lipinski definition) is 1. The summed E-state index contributed by atoms with van der Waals surface area (Å²) in [5, 5.41) is 13.6. The van der Waals surface area contributed by atoms with E-state index in [1.807, 2.05) is 0 Å². The Bertz CT molecular complexity index is 880. The number of carbonyl (C=O) groups excluding carboxylic acids is 1. The third-order valence-electron chi connectivity index (χ3n) is 4.66. The van der Waals surface area contributed by atoms with Crippen molar-refractivity contribution in [2.45, 2.75) is 0 Å². The van der Waals surface area contributed by atoms with Crippen LogP contribution >= 0.6 is 0 Å². The van der Waals surface area contributed by atoms with Crippen LogP contribution in [0.5, 0.6) is 11.5 Å². The number of benzene rings is 1. The van der Waals surface area contributed by atoms with Crippen LogP contribution in [-0.2, 0) is 4.79 Å². The monoisotopic (exact) mass is 385 g/mol. The van der Waals surface area contributed by atoms with Gasteiger partial charge in [-0.3, -0.25) is 19.8 Å². The number of fused-ring (bicyclic) bond motifs is 1. The summed E-state index contributed by atoms with van der Waals surface area (Å²) >= 11 is 0. The molecule has 4 rings (SSSR count). The molecule has 2 aliphatic heterocycles. The highest BCUT2D eigenvalue weighted by Crippen LogP contribution is 2.34. The van der Waals surface area contributed by atoms with Gasteiger partial charge in [-0.1, -0.05) is 0 Å². The van der Waals surface area contributed by atoms with E-state index in [9.17, 15) is 14.9 Å². The van der Waals surface area contributed by atoms with Crippen molar-refractivity contribution >= 4 is 23.1 Å². The zero-order valence-electron chi connectivity index (χ0n) is 15.0. The first-order valence-electron chi connectivity index (χ1n) is 8.86. The second kappa shape index (κ2) is 7.69. The quantitative estimate of drug-likeness (QED) is 0.609. The second-order valence-electron chi connectivity index (χ2n) is 6.51. The van der Waals surface area contributed by atoms with Crippen LogP contribution in [0.2, 0.25) is 0 Å². The lowest BCUT2D eigenvalue weighted by Crippen LogP contribution is -2.48. The Morgan fingerprint density at radius 2 is 1.93 bits per heavy atom. The minimum Gasteiger partial charge on any atom is -0.454 e. The lowest BCUT2D eigenvalue weighted by Gasteiger charge is -2.34. The van der Waals surface area contributed by atoms with Gasteiger partial charge in [-0.25, -0.2) is 4.98 Å². The SMILES string of the molecule is O=C(CN1CCN(c2ccc([N+](=O)[O-])cn2)CC1)Nc1ccc2c(c1)OCO2. The van der Waals surface area contributed by atoms with Crippen molar-refractivity contribution in [3.05, 3.63) is 46.6 Å². The fourth-order valence-corrected chi connectivity index (χ4v) is 3.19. The van der Waals surface area contributed by atoms with Gasteiger partial charge in [0.15, 0.2) is 11.5 Å². The van der Waals surface area contributed by atoms with Crippen LogP contribution in [0, 0.1) is 10.1 Å². The van der Waals surface area contributed by atoms with Crippen LogP contribution in [0.15, 0.2) is 36.5 Å². The van der Waals surface area contributed by atoms with E-state index >= 15 is 0 Å². The van der Waals surface area contributed by atoms with Crippen LogP contribution < -0.4 is 19.7 Å². The average molecular weight is 385 g/mol. The summed E-state index contributed by atoms with van der Waals surface area (Å²) in [6.45, 7) is 3.28. The van der Waals surface area contributed by atoms with Crippen molar-refractivity contribution < 1.29 is 19.2 Å². The Balaban J connectivity index is 1.27. The van der Waals surface area contributed by atoms with Crippen molar-refractivity contribution in [1.29, 1.82) is 0 Å². The summed E-state index contributed by atoms with van der Waals surface area (Å²) in [5.74, 6) is 1.91. The van der Waals surface area contributed by atoms with Crippen LogP contribution in [-0.4, -0.2) is 60.2 Å².